The minimum atomic E-state index is -0.429. The van der Waals surface area contributed by atoms with E-state index in [1.807, 2.05) is 32.9 Å². The summed E-state index contributed by atoms with van der Waals surface area (Å²) in [5, 5.41) is 4.64. The van der Waals surface area contributed by atoms with Gasteiger partial charge in [-0.1, -0.05) is 41.4 Å². The van der Waals surface area contributed by atoms with Gasteiger partial charge in [0.2, 0.25) is 0 Å². The molecule has 33 heavy (non-hydrogen) atoms. The summed E-state index contributed by atoms with van der Waals surface area (Å²) in [4.78, 5) is 37.1. The molecule has 2 amide bonds. The second kappa shape index (κ2) is 9.55. The normalized spacial score (nSPS) is 13.8. The van der Waals surface area contributed by atoms with Crippen LogP contribution in [0, 0.1) is 20.8 Å². The molecule has 0 saturated carbocycles. The maximum atomic E-state index is 13.4. The lowest BCUT2D eigenvalue weighted by Gasteiger charge is -2.16. The van der Waals surface area contributed by atoms with Gasteiger partial charge < -0.3 is 5.32 Å². The standard InChI is InChI=1S/C24H20Cl2N4O2S/c1-13-4-7-18(26)11-19(13)29-20-21(33-24-27-14(2)10-15(3)28-24)23(32)30(22(20)31)12-16-5-8-17(25)9-6-16/h4-11,29H,12H2,1-3H3. The topological polar surface area (TPSA) is 75.2 Å². The number of amides is 2. The number of nitrogens with one attached hydrogen (secondary N) is 1. The van der Waals surface area contributed by atoms with Crippen LogP contribution in [-0.2, 0) is 16.1 Å². The fraction of sp³-hybridized carbons (Fsp3) is 0.167. The van der Waals surface area contributed by atoms with Gasteiger partial charge >= 0.3 is 0 Å². The van der Waals surface area contributed by atoms with Gasteiger partial charge in [0.1, 0.15) is 10.6 Å². The maximum Gasteiger partial charge on any atom is 0.278 e. The Bertz CT molecular complexity index is 1270. The maximum absolute atomic E-state index is 13.4. The predicted octanol–water partition coefficient (Wildman–Crippen LogP) is 5.69. The highest BCUT2D eigenvalue weighted by atomic mass is 35.5. The smallest absolute Gasteiger partial charge is 0.278 e. The number of rotatable bonds is 6. The summed E-state index contributed by atoms with van der Waals surface area (Å²) in [6.07, 6.45) is 0. The number of hydrogen-bond donors (Lipinski definition) is 1. The molecule has 2 aromatic carbocycles. The molecule has 4 rings (SSSR count). The van der Waals surface area contributed by atoms with E-state index in [9.17, 15) is 9.59 Å². The minimum Gasteiger partial charge on any atom is -0.350 e. The Hall–Kier alpha value is -2.87. The van der Waals surface area contributed by atoms with Gasteiger partial charge in [-0.15, -0.1) is 0 Å². The van der Waals surface area contributed by atoms with Gasteiger partial charge in [-0.2, -0.15) is 0 Å². The molecule has 0 atom stereocenters. The Morgan fingerprint density at radius 3 is 2.18 bits per heavy atom. The van der Waals surface area contributed by atoms with Crippen LogP contribution in [0.1, 0.15) is 22.5 Å². The number of thioether (sulfide) groups is 1. The molecule has 1 aliphatic rings. The molecule has 9 heteroatoms. The van der Waals surface area contributed by atoms with Crippen LogP contribution in [0.5, 0.6) is 0 Å². The Morgan fingerprint density at radius 1 is 0.879 bits per heavy atom. The van der Waals surface area contributed by atoms with Gasteiger partial charge in [0.15, 0.2) is 5.16 Å². The molecular weight excluding hydrogens is 479 g/mol. The molecule has 1 aliphatic heterocycles. The number of hydrogen-bond acceptors (Lipinski definition) is 6. The van der Waals surface area contributed by atoms with Crippen molar-refractivity contribution < 1.29 is 9.59 Å². The lowest BCUT2D eigenvalue weighted by atomic mass is 10.2. The fourth-order valence-corrected chi connectivity index (χ4v) is 4.67. The molecule has 0 fully saturated rings. The van der Waals surface area contributed by atoms with E-state index in [0.717, 1.165) is 34.3 Å². The zero-order chi connectivity index (χ0) is 23.7. The summed E-state index contributed by atoms with van der Waals surface area (Å²) in [6.45, 7) is 5.73. The van der Waals surface area contributed by atoms with E-state index in [2.05, 4.69) is 15.3 Å². The summed E-state index contributed by atoms with van der Waals surface area (Å²) in [7, 11) is 0. The summed E-state index contributed by atoms with van der Waals surface area (Å²) in [5.74, 6) is -0.842. The predicted molar refractivity (Wildman–Crippen MR) is 131 cm³/mol. The number of aryl methyl sites for hydroxylation is 3. The Morgan fingerprint density at radius 2 is 1.52 bits per heavy atom. The number of benzene rings is 2. The quantitative estimate of drug-likeness (QED) is 0.347. The molecule has 0 spiro atoms. The molecule has 0 aliphatic carbocycles. The number of carbonyl (C=O) groups is 2. The van der Waals surface area contributed by atoms with Crippen LogP contribution in [0.2, 0.25) is 10.0 Å². The Balaban J connectivity index is 1.72. The highest BCUT2D eigenvalue weighted by Crippen LogP contribution is 2.36. The third kappa shape index (κ3) is 5.21. The monoisotopic (exact) mass is 498 g/mol. The van der Waals surface area contributed by atoms with E-state index in [4.69, 9.17) is 23.2 Å². The molecule has 0 bridgehead atoms. The zero-order valence-corrected chi connectivity index (χ0v) is 20.5. The highest BCUT2D eigenvalue weighted by molar-refractivity contribution is 8.04. The van der Waals surface area contributed by atoms with Crippen LogP contribution in [0.15, 0.2) is 64.3 Å². The Kier molecular flexibility index (Phi) is 6.74. The number of carbonyl (C=O) groups excluding carboxylic acids is 2. The van der Waals surface area contributed by atoms with Crippen molar-refractivity contribution in [2.45, 2.75) is 32.5 Å². The second-order valence-electron chi connectivity index (χ2n) is 7.65. The molecule has 0 radical (unpaired) electrons. The molecule has 6 nitrogen and oxygen atoms in total. The zero-order valence-electron chi connectivity index (χ0n) is 18.1. The van der Waals surface area contributed by atoms with Gasteiger partial charge in [-0.05, 0) is 74.0 Å². The van der Waals surface area contributed by atoms with Crippen LogP contribution in [0.25, 0.3) is 0 Å². The minimum absolute atomic E-state index is 0.117. The van der Waals surface area contributed by atoms with Gasteiger partial charge in [-0.25, -0.2) is 9.97 Å². The first-order chi connectivity index (χ1) is 15.7. The summed E-state index contributed by atoms with van der Waals surface area (Å²) in [5.41, 5.74) is 4.04. The third-order valence-corrected chi connectivity index (χ3v) is 6.43. The van der Waals surface area contributed by atoms with Gasteiger partial charge in [0.25, 0.3) is 11.8 Å². The first-order valence-corrected chi connectivity index (χ1v) is 11.7. The van der Waals surface area contributed by atoms with E-state index in [1.54, 1.807) is 36.4 Å². The second-order valence-corrected chi connectivity index (χ2v) is 9.50. The van der Waals surface area contributed by atoms with Crippen molar-refractivity contribution in [3.05, 3.63) is 91.7 Å². The summed E-state index contributed by atoms with van der Waals surface area (Å²) >= 11 is 13.2. The van der Waals surface area contributed by atoms with Crippen LogP contribution >= 0.6 is 35.0 Å². The number of anilines is 1. The van der Waals surface area contributed by atoms with Crippen molar-refractivity contribution in [3.8, 4) is 0 Å². The lowest BCUT2D eigenvalue weighted by Crippen LogP contribution is -2.32. The molecule has 168 valence electrons. The van der Waals surface area contributed by atoms with Crippen LogP contribution < -0.4 is 5.32 Å². The van der Waals surface area contributed by atoms with Crippen molar-refractivity contribution in [1.29, 1.82) is 0 Å². The molecular formula is C24H20Cl2N4O2S. The molecule has 3 aromatic rings. The van der Waals surface area contributed by atoms with E-state index >= 15 is 0 Å². The van der Waals surface area contributed by atoms with E-state index in [0.29, 0.717) is 20.9 Å². The van der Waals surface area contributed by atoms with Gasteiger partial charge in [-0.3, -0.25) is 14.5 Å². The van der Waals surface area contributed by atoms with Crippen molar-refractivity contribution in [2.24, 2.45) is 0 Å². The van der Waals surface area contributed by atoms with Crippen molar-refractivity contribution in [2.75, 3.05) is 5.32 Å². The number of halogens is 2. The third-order valence-electron chi connectivity index (χ3n) is 4.99. The number of imide groups is 1. The molecule has 0 unspecified atom stereocenters. The van der Waals surface area contributed by atoms with E-state index in [-0.39, 0.29) is 17.1 Å². The lowest BCUT2D eigenvalue weighted by molar-refractivity contribution is -0.137. The van der Waals surface area contributed by atoms with Crippen LogP contribution in [-0.4, -0.2) is 26.7 Å². The Labute approximate surface area is 206 Å². The highest BCUT2D eigenvalue weighted by Gasteiger charge is 2.39. The summed E-state index contributed by atoms with van der Waals surface area (Å²) in [6, 6.07) is 14.2. The van der Waals surface area contributed by atoms with E-state index in [1.165, 1.54) is 4.90 Å². The molecule has 1 aromatic heterocycles. The first-order valence-electron chi connectivity index (χ1n) is 10.1. The molecule has 2 heterocycles. The van der Waals surface area contributed by atoms with Gasteiger partial charge in [0.05, 0.1) is 6.54 Å². The van der Waals surface area contributed by atoms with Crippen molar-refractivity contribution >= 4 is 52.5 Å². The first kappa shape index (κ1) is 23.3. The summed E-state index contributed by atoms with van der Waals surface area (Å²) < 4.78 is 0. The SMILES string of the molecule is Cc1cc(C)nc(SC2=C(Nc3cc(Cl)ccc3C)C(=O)N(Cc3ccc(Cl)cc3)C2=O)n1. The largest absolute Gasteiger partial charge is 0.350 e. The van der Waals surface area contributed by atoms with E-state index < -0.39 is 11.8 Å². The van der Waals surface area contributed by atoms with Gasteiger partial charge in [0, 0.05) is 27.1 Å². The number of aromatic nitrogens is 2. The van der Waals surface area contributed by atoms with Crippen LogP contribution in [0.3, 0.4) is 0 Å². The fourth-order valence-electron chi connectivity index (χ4n) is 3.37. The average Bonchev–Trinajstić information content (AvgIpc) is 2.96. The number of nitrogens with zero attached hydrogens (tertiary/aromatic N) is 3. The molecule has 0 saturated heterocycles. The van der Waals surface area contributed by atoms with Crippen LogP contribution in [0.4, 0.5) is 5.69 Å². The van der Waals surface area contributed by atoms with Crippen molar-refractivity contribution in [3.63, 3.8) is 0 Å². The average molecular weight is 499 g/mol. The molecule has 1 N–H and O–H groups in total. The van der Waals surface area contributed by atoms with Crippen molar-refractivity contribution in [1.82, 2.24) is 14.9 Å².